The molecule has 0 aliphatic carbocycles. The Balaban J connectivity index is 0.00000361. The summed E-state index contributed by atoms with van der Waals surface area (Å²) >= 11 is 0. The highest BCUT2D eigenvalue weighted by atomic mass is 127. The molecule has 0 radical (unpaired) electrons. The van der Waals surface area contributed by atoms with E-state index in [0.717, 1.165) is 32.0 Å². The minimum atomic E-state index is -0.700. The van der Waals surface area contributed by atoms with Crippen LogP contribution in [0.5, 0.6) is 0 Å². The SMILES string of the molecule is CCNC(=NCC(C)(O)CC)N1CCC(C)(CC)C1.I. The number of likely N-dealkylation sites (tertiary alicyclic amines) is 1. The van der Waals surface area contributed by atoms with Gasteiger partial charge < -0.3 is 15.3 Å². The maximum Gasteiger partial charge on any atom is 0.194 e. The molecule has 0 aromatic heterocycles. The highest BCUT2D eigenvalue weighted by molar-refractivity contribution is 14.0. The van der Waals surface area contributed by atoms with E-state index in [9.17, 15) is 5.11 Å². The van der Waals surface area contributed by atoms with Crippen LogP contribution in [0, 0.1) is 5.41 Å². The molecule has 0 bridgehead atoms. The number of nitrogens with zero attached hydrogens (tertiary/aromatic N) is 2. The maximum absolute atomic E-state index is 10.1. The molecule has 20 heavy (non-hydrogen) atoms. The molecule has 2 unspecified atom stereocenters. The number of rotatable bonds is 5. The lowest BCUT2D eigenvalue weighted by atomic mass is 9.87. The molecule has 1 heterocycles. The molecule has 1 saturated heterocycles. The number of aliphatic imine (C=N–C) groups is 1. The van der Waals surface area contributed by atoms with Crippen molar-refractivity contribution in [3.8, 4) is 0 Å². The first-order chi connectivity index (χ1) is 8.86. The van der Waals surface area contributed by atoms with Gasteiger partial charge in [0, 0.05) is 19.6 Å². The van der Waals surface area contributed by atoms with Gasteiger partial charge in [0.05, 0.1) is 12.1 Å². The van der Waals surface area contributed by atoms with Gasteiger partial charge in [-0.2, -0.15) is 0 Å². The zero-order valence-corrected chi connectivity index (χ0v) is 16.0. The molecule has 1 fully saturated rings. The monoisotopic (exact) mass is 397 g/mol. The van der Waals surface area contributed by atoms with Gasteiger partial charge in [0.25, 0.3) is 0 Å². The normalized spacial score (nSPS) is 26.1. The third-order valence-corrected chi connectivity index (χ3v) is 4.38. The summed E-state index contributed by atoms with van der Waals surface area (Å²) in [5.74, 6) is 0.952. The first kappa shape index (κ1) is 20.0. The Bertz CT molecular complexity index is 320. The van der Waals surface area contributed by atoms with E-state index in [-0.39, 0.29) is 24.0 Å². The molecule has 0 aromatic rings. The molecular formula is C15H32IN3O. The Kier molecular flexibility index (Phi) is 8.40. The second-order valence-electron chi connectivity index (χ2n) is 6.36. The van der Waals surface area contributed by atoms with Crippen molar-refractivity contribution in [3.63, 3.8) is 0 Å². The predicted molar refractivity (Wildman–Crippen MR) is 96.9 cm³/mol. The van der Waals surface area contributed by atoms with E-state index in [1.165, 1.54) is 12.8 Å². The van der Waals surface area contributed by atoms with Crippen LogP contribution in [-0.4, -0.2) is 47.7 Å². The molecule has 1 rings (SSSR count). The third-order valence-electron chi connectivity index (χ3n) is 4.38. The van der Waals surface area contributed by atoms with Crippen LogP contribution in [0.15, 0.2) is 4.99 Å². The van der Waals surface area contributed by atoms with E-state index in [4.69, 9.17) is 0 Å². The van der Waals surface area contributed by atoms with E-state index in [2.05, 4.69) is 36.0 Å². The summed E-state index contributed by atoms with van der Waals surface area (Å²) in [4.78, 5) is 6.95. The van der Waals surface area contributed by atoms with Gasteiger partial charge in [0.2, 0.25) is 0 Å². The second-order valence-corrected chi connectivity index (χ2v) is 6.36. The molecule has 2 N–H and O–H groups in total. The summed E-state index contributed by atoms with van der Waals surface area (Å²) in [7, 11) is 0. The molecule has 0 spiro atoms. The first-order valence-corrected chi connectivity index (χ1v) is 7.61. The average molecular weight is 397 g/mol. The highest BCUT2D eigenvalue weighted by Gasteiger charge is 2.33. The standard InChI is InChI=1S/C15H31N3O.HI/c1-6-14(4)9-10-18(12-14)13(16-8-3)17-11-15(5,19)7-2;/h19H,6-12H2,1-5H3,(H,16,17);1H. The fraction of sp³-hybridized carbons (Fsp3) is 0.933. The van der Waals surface area contributed by atoms with Crippen molar-refractivity contribution in [2.24, 2.45) is 10.4 Å². The smallest absolute Gasteiger partial charge is 0.194 e. The molecule has 0 amide bonds. The Morgan fingerprint density at radius 2 is 2.05 bits per heavy atom. The number of aliphatic hydroxyl groups is 1. The quantitative estimate of drug-likeness (QED) is 0.426. The van der Waals surface area contributed by atoms with Crippen molar-refractivity contribution in [1.82, 2.24) is 10.2 Å². The average Bonchev–Trinajstić information content (AvgIpc) is 2.78. The summed E-state index contributed by atoms with van der Waals surface area (Å²) < 4.78 is 0. The van der Waals surface area contributed by atoms with E-state index in [1.54, 1.807) is 0 Å². The second kappa shape index (κ2) is 8.41. The number of hydrogen-bond donors (Lipinski definition) is 2. The lowest BCUT2D eigenvalue weighted by Gasteiger charge is -2.26. The number of hydrogen-bond acceptors (Lipinski definition) is 2. The maximum atomic E-state index is 10.1. The summed E-state index contributed by atoms with van der Waals surface area (Å²) in [6.07, 6.45) is 3.15. The fourth-order valence-corrected chi connectivity index (χ4v) is 2.28. The lowest BCUT2D eigenvalue weighted by Crippen LogP contribution is -2.42. The largest absolute Gasteiger partial charge is 0.388 e. The molecule has 2 atom stereocenters. The van der Waals surface area contributed by atoms with Crippen LogP contribution in [0.2, 0.25) is 0 Å². The molecule has 1 aliphatic heterocycles. The highest BCUT2D eigenvalue weighted by Crippen LogP contribution is 2.32. The van der Waals surface area contributed by atoms with Crippen molar-refractivity contribution in [3.05, 3.63) is 0 Å². The Labute approximate surface area is 141 Å². The van der Waals surface area contributed by atoms with Crippen molar-refractivity contribution in [2.75, 3.05) is 26.2 Å². The van der Waals surface area contributed by atoms with Crippen LogP contribution in [0.3, 0.4) is 0 Å². The Morgan fingerprint density at radius 3 is 2.50 bits per heavy atom. The van der Waals surface area contributed by atoms with Crippen molar-refractivity contribution >= 4 is 29.9 Å². The van der Waals surface area contributed by atoms with Gasteiger partial charge in [-0.05, 0) is 38.5 Å². The van der Waals surface area contributed by atoms with Gasteiger partial charge in [-0.3, -0.25) is 4.99 Å². The van der Waals surface area contributed by atoms with Crippen LogP contribution < -0.4 is 5.32 Å². The molecular weight excluding hydrogens is 365 g/mol. The van der Waals surface area contributed by atoms with E-state index in [1.807, 2.05) is 13.8 Å². The van der Waals surface area contributed by atoms with Crippen LogP contribution in [0.4, 0.5) is 0 Å². The van der Waals surface area contributed by atoms with Crippen LogP contribution in [-0.2, 0) is 0 Å². The lowest BCUT2D eigenvalue weighted by molar-refractivity contribution is 0.0654. The third kappa shape index (κ3) is 5.76. The fourth-order valence-electron chi connectivity index (χ4n) is 2.28. The molecule has 0 saturated carbocycles. The zero-order chi connectivity index (χ0) is 14.5. The van der Waals surface area contributed by atoms with Gasteiger partial charge in [-0.15, -0.1) is 24.0 Å². The minimum absolute atomic E-state index is 0. The van der Waals surface area contributed by atoms with Crippen molar-refractivity contribution in [1.29, 1.82) is 0 Å². The van der Waals surface area contributed by atoms with Gasteiger partial charge >= 0.3 is 0 Å². The van der Waals surface area contributed by atoms with E-state index < -0.39 is 5.60 Å². The topological polar surface area (TPSA) is 47.9 Å². The van der Waals surface area contributed by atoms with Crippen molar-refractivity contribution in [2.45, 2.75) is 59.5 Å². The molecule has 0 aromatic carbocycles. The molecule has 5 heteroatoms. The van der Waals surface area contributed by atoms with E-state index in [0.29, 0.717) is 12.0 Å². The predicted octanol–water partition coefficient (Wildman–Crippen LogP) is 2.85. The van der Waals surface area contributed by atoms with Gasteiger partial charge in [0.15, 0.2) is 5.96 Å². The Morgan fingerprint density at radius 1 is 1.40 bits per heavy atom. The van der Waals surface area contributed by atoms with E-state index >= 15 is 0 Å². The summed E-state index contributed by atoms with van der Waals surface area (Å²) in [5.41, 5.74) is -0.294. The summed E-state index contributed by atoms with van der Waals surface area (Å²) in [6.45, 7) is 14.0. The van der Waals surface area contributed by atoms with Crippen LogP contribution in [0.1, 0.15) is 53.9 Å². The van der Waals surface area contributed by atoms with Crippen molar-refractivity contribution < 1.29 is 5.11 Å². The first-order valence-electron chi connectivity index (χ1n) is 7.61. The van der Waals surface area contributed by atoms with Crippen LogP contribution in [0.25, 0.3) is 0 Å². The number of halogens is 1. The number of guanidine groups is 1. The Hall–Kier alpha value is -0.0400. The molecule has 1 aliphatic rings. The minimum Gasteiger partial charge on any atom is -0.388 e. The van der Waals surface area contributed by atoms with Crippen LogP contribution >= 0.6 is 24.0 Å². The summed E-state index contributed by atoms with van der Waals surface area (Å²) in [6, 6.07) is 0. The number of nitrogens with one attached hydrogen (secondary N) is 1. The zero-order valence-electron chi connectivity index (χ0n) is 13.7. The van der Waals surface area contributed by atoms with Gasteiger partial charge in [-0.1, -0.05) is 20.8 Å². The molecule has 120 valence electrons. The summed E-state index contributed by atoms with van der Waals surface area (Å²) in [5, 5.41) is 13.4. The molecule has 4 nitrogen and oxygen atoms in total. The van der Waals surface area contributed by atoms with Gasteiger partial charge in [-0.25, -0.2) is 0 Å². The van der Waals surface area contributed by atoms with Gasteiger partial charge in [0.1, 0.15) is 0 Å².